The molecule has 0 bridgehead atoms. The van der Waals surface area contributed by atoms with Gasteiger partial charge in [-0.1, -0.05) is 6.08 Å². The van der Waals surface area contributed by atoms with Crippen LogP contribution >= 0.6 is 0 Å². The molecule has 0 rings (SSSR count). The molecule has 0 amide bonds. The monoisotopic (exact) mass is 140 g/mol. The van der Waals surface area contributed by atoms with E-state index in [2.05, 4.69) is 0 Å². The van der Waals surface area contributed by atoms with Crippen LogP contribution in [-0.2, 0) is 0 Å². The van der Waals surface area contributed by atoms with E-state index < -0.39 is 6.18 Å². The van der Waals surface area contributed by atoms with Gasteiger partial charge in [0.2, 0.25) is 0 Å². The SMILES string of the molecule is OCCC=CC(F)(F)F. The van der Waals surface area contributed by atoms with Crippen molar-refractivity contribution in [1.29, 1.82) is 0 Å². The molecule has 4 heteroatoms. The van der Waals surface area contributed by atoms with E-state index in [0.29, 0.717) is 0 Å². The van der Waals surface area contributed by atoms with E-state index in [9.17, 15) is 13.2 Å². The quantitative estimate of drug-likeness (QED) is 0.576. The van der Waals surface area contributed by atoms with Crippen molar-refractivity contribution in [2.45, 2.75) is 12.6 Å². The minimum atomic E-state index is -4.24. The summed E-state index contributed by atoms with van der Waals surface area (Å²) in [5.41, 5.74) is 0. The lowest BCUT2D eigenvalue weighted by atomic mass is 10.4. The summed E-state index contributed by atoms with van der Waals surface area (Å²) < 4.78 is 33.6. The Labute approximate surface area is 50.8 Å². The molecule has 0 aliphatic heterocycles. The third-order valence-corrected chi connectivity index (χ3v) is 0.603. The Bertz CT molecular complexity index is 94.9. The standard InChI is InChI=1S/C5H7F3O/c6-5(7,8)3-1-2-4-9/h1,3,9H,2,4H2. The first kappa shape index (κ1) is 8.49. The van der Waals surface area contributed by atoms with Gasteiger partial charge in [0.1, 0.15) is 0 Å². The molecule has 0 heterocycles. The number of alkyl halides is 3. The van der Waals surface area contributed by atoms with Gasteiger partial charge in [0.25, 0.3) is 0 Å². The summed E-state index contributed by atoms with van der Waals surface area (Å²) in [7, 11) is 0. The Morgan fingerprint density at radius 1 is 1.33 bits per heavy atom. The first-order chi connectivity index (χ1) is 4.06. The van der Waals surface area contributed by atoms with Gasteiger partial charge in [-0.25, -0.2) is 0 Å². The van der Waals surface area contributed by atoms with E-state index in [1.54, 1.807) is 0 Å². The highest BCUT2D eigenvalue weighted by atomic mass is 19.4. The number of rotatable bonds is 2. The van der Waals surface area contributed by atoms with Gasteiger partial charge < -0.3 is 5.11 Å². The van der Waals surface area contributed by atoms with Gasteiger partial charge in [-0.3, -0.25) is 0 Å². The highest BCUT2D eigenvalue weighted by Crippen LogP contribution is 2.15. The summed E-state index contributed by atoms with van der Waals surface area (Å²) >= 11 is 0. The third-order valence-electron chi connectivity index (χ3n) is 0.603. The average molecular weight is 140 g/mol. The molecule has 0 fully saturated rings. The average Bonchev–Trinajstić information content (AvgIpc) is 1.63. The molecule has 54 valence electrons. The minimum Gasteiger partial charge on any atom is -0.396 e. The van der Waals surface area contributed by atoms with Crippen LogP contribution in [0.3, 0.4) is 0 Å². The maximum absolute atomic E-state index is 11.2. The van der Waals surface area contributed by atoms with Crippen LogP contribution in [-0.4, -0.2) is 17.9 Å². The van der Waals surface area contributed by atoms with Crippen LogP contribution in [0.1, 0.15) is 6.42 Å². The zero-order chi connectivity index (χ0) is 7.33. The van der Waals surface area contributed by atoms with Crippen molar-refractivity contribution in [2.24, 2.45) is 0 Å². The first-order valence-electron chi connectivity index (χ1n) is 2.41. The number of aliphatic hydroxyl groups excluding tert-OH is 1. The first-order valence-corrected chi connectivity index (χ1v) is 2.41. The van der Waals surface area contributed by atoms with E-state index in [1.165, 1.54) is 0 Å². The van der Waals surface area contributed by atoms with E-state index in [-0.39, 0.29) is 19.1 Å². The lowest BCUT2D eigenvalue weighted by Gasteiger charge is -1.95. The number of allylic oxidation sites excluding steroid dienone is 1. The maximum atomic E-state index is 11.2. The Morgan fingerprint density at radius 3 is 2.22 bits per heavy atom. The van der Waals surface area contributed by atoms with Gasteiger partial charge in [0, 0.05) is 12.7 Å². The van der Waals surface area contributed by atoms with Gasteiger partial charge in [0.15, 0.2) is 0 Å². The van der Waals surface area contributed by atoms with Crippen LogP contribution < -0.4 is 0 Å². The largest absolute Gasteiger partial charge is 0.409 e. The molecule has 0 saturated carbocycles. The topological polar surface area (TPSA) is 20.2 Å². The lowest BCUT2D eigenvalue weighted by molar-refractivity contribution is -0.0800. The Morgan fingerprint density at radius 2 is 1.89 bits per heavy atom. The van der Waals surface area contributed by atoms with Crippen molar-refractivity contribution in [3.05, 3.63) is 12.2 Å². The van der Waals surface area contributed by atoms with Crippen LogP contribution in [0.15, 0.2) is 12.2 Å². The molecule has 0 aliphatic carbocycles. The number of hydrogen-bond acceptors (Lipinski definition) is 1. The minimum absolute atomic E-state index is 0.0551. The Balaban J connectivity index is 3.45. The van der Waals surface area contributed by atoms with Gasteiger partial charge >= 0.3 is 6.18 Å². The van der Waals surface area contributed by atoms with Crippen LogP contribution in [0.25, 0.3) is 0 Å². The molecule has 1 nitrogen and oxygen atoms in total. The predicted octanol–water partition coefficient (Wildman–Crippen LogP) is 1.49. The van der Waals surface area contributed by atoms with Crippen LogP contribution in [0, 0.1) is 0 Å². The molecule has 0 aromatic carbocycles. The fourth-order valence-electron chi connectivity index (χ4n) is 0.291. The van der Waals surface area contributed by atoms with Crippen molar-refractivity contribution in [3.8, 4) is 0 Å². The van der Waals surface area contributed by atoms with Crippen molar-refractivity contribution in [3.63, 3.8) is 0 Å². The van der Waals surface area contributed by atoms with Crippen molar-refractivity contribution in [1.82, 2.24) is 0 Å². The number of halogens is 3. The zero-order valence-corrected chi connectivity index (χ0v) is 4.65. The summed E-state index contributed by atoms with van der Waals surface area (Å²) in [5.74, 6) is 0. The Kier molecular flexibility index (Phi) is 3.30. The van der Waals surface area contributed by atoms with Crippen molar-refractivity contribution < 1.29 is 18.3 Å². The second-order valence-electron chi connectivity index (χ2n) is 1.46. The molecule has 0 unspecified atom stereocenters. The number of hydrogen-bond donors (Lipinski definition) is 1. The summed E-state index contributed by atoms with van der Waals surface area (Å²) in [4.78, 5) is 0. The lowest BCUT2D eigenvalue weighted by Crippen LogP contribution is -2.00. The zero-order valence-electron chi connectivity index (χ0n) is 4.65. The summed E-state index contributed by atoms with van der Waals surface area (Å²) in [6, 6.07) is 0. The van der Waals surface area contributed by atoms with Gasteiger partial charge in [-0.05, 0) is 6.42 Å². The molecule has 0 aromatic heterocycles. The van der Waals surface area contributed by atoms with E-state index in [1.807, 2.05) is 0 Å². The van der Waals surface area contributed by atoms with E-state index in [0.717, 1.165) is 6.08 Å². The fourth-order valence-corrected chi connectivity index (χ4v) is 0.291. The molecular formula is C5H7F3O. The molecular weight excluding hydrogens is 133 g/mol. The number of aliphatic hydroxyl groups is 1. The highest BCUT2D eigenvalue weighted by molar-refractivity contribution is 4.87. The van der Waals surface area contributed by atoms with Gasteiger partial charge in [-0.15, -0.1) is 0 Å². The smallest absolute Gasteiger partial charge is 0.396 e. The van der Waals surface area contributed by atoms with Crippen molar-refractivity contribution >= 4 is 0 Å². The normalized spacial score (nSPS) is 12.9. The van der Waals surface area contributed by atoms with Crippen molar-refractivity contribution in [2.75, 3.05) is 6.61 Å². The van der Waals surface area contributed by atoms with E-state index >= 15 is 0 Å². The van der Waals surface area contributed by atoms with E-state index in [4.69, 9.17) is 5.11 Å². The second-order valence-corrected chi connectivity index (χ2v) is 1.46. The summed E-state index contributed by atoms with van der Waals surface area (Å²) in [5, 5.41) is 8.04. The predicted molar refractivity (Wildman–Crippen MR) is 26.9 cm³/mol. The third kappa shape index (κ3) is 7.49. The Hall–Kier alpha value is -0.510. The molecule has 0 aliphatic rings. The van der Waals surface area contributed by atoms with Gasteiger partial charge in [0.05, 0.1) is 0 Å². The highest BCUT2D eigenvalue weighted by Gasteiger charge is 2.21. The van der Waals surface area contributed by atoms with Crippen LogP contribution in [0.5, 0.6) is 0 Å². The summed E-state index contributed by atoms with van der Waals surface area (Å²) in [6.07, 6.45) is -3.18. The van der Waals surface area contributed by atoms with Crippen LogP contribution in [0.4, 0.5) is 13.2 Å². The fraction of sp³-hybridized carbons (Fsp3) is 0.600. The summed E-state index contributed by atoms with van der Waals surface area (Å²) in [6.45, 7) is -0.243. The molecule has 9 heavy (non-hydrogen) atoms. The molecule has 0 atom stereocenters. The molecule has 0 aromatic rings. The molecule has 1 N–H and O–H groups in total. The van der Waals surface area contributed by atoms with Gasteiger partial charge in [-0.2, -0.15) is 13.2 Å². The maximum Gasteiger partial charge on any atom is 0.409 e. The molecule has 0 radical (unpaired) electrons. The second kappa shape index (κ2) is 3.50. The van der Waals surface area contributed by atoms with Crippen LogP contribution in [0.2, 0.25) is 0 Å². The molecule has 0 spiro atoms. The molecule has 0 saturated heterocycles.